The van der Waals surface area contributed by atoms with Crippen molar-refractivity contribution in [3.8, 4) is 11.5 Å². The van der Waals surface area contributed by atoms with Gasteiger partial charge in [-0.1, -0.05) is 60.7 Å². The topological polar surface area (TPSA) is 78.0 Å². The molecule has 0 saturated carbocycles. The Morgan fingerprint density at radius 3 is 1.35 bits per heavy atom. The highest BCUT2D eigenvalue weighted by molar-refractivity contribution is 6.16. The summed E-state index contributed by atoms with van der Waals surface area (Å²) in [6, 6.07) is 34.8. The number of aromatic nitrogens is 4. The molecule has 7 heteroatoms. The minimum atomic E-state index is -0.0861. The molecule has 0 aliphatic heterocycles. The first-order chi connectivity index (χ1) is 21.1. The maximum Gasteiger partial charge on any atom is 0.264 e. The third kappa shape index (κ3) is 2.87. The van der Waals surface area contributed by atoms with Crippen LogP contribution in [0.25, 0.3) is 76.5 Å². The van der Waals surface area contributed by atoms with Crippen molar-refractivity contribution in [1.29, 1.82) is 0 Å². The molecule has 0 amide bonds. The largest absolute Gasteiger partial charge is 0.457 e. The second kappa shape index (κ2) is 7.80. The number of pyridine rings is 2. The molecule has 0 spiro atoms. The highest BCUT2D eigenvalue weighted by atomic mass is 16.5. The summed E-state index contributed by atoms with van der Waals surface area (Å²) in [6.45, 7) is 0. The van der Waals surface area contributed by atoms with E-state index in [1.165, 1.54) is 0 Å². The third-order valence-corrected chi connectivity index (χ3v) is 8.65. The number of hydrogen-bond donors (Lipinski definition) is 0. The van der Waals surface area contributed by atoms with E-state index in [1.807, 2.05) is 109 Å². The molecular weight excluding hydrogens is 536 g/mol. The zero-order chi connectivity index (χ0) is 28.4. The van der Waals surface area contributed by atoms with Gasteiger partial charge in [0.2, 0.25) is 0 Å². The molecule has 6 aromatic carbocycles. The van der Waals surface area contributed by atoms with E-state index < -0.39 is 0 Å². The third-order valence-electron chi connectivity index (χ3n) is 8.65. The summed E-state index contributed by atoms with van der Waals surface area (Å²) in [4.78, 5) is 36.9. The monoisotopic (exact) mass is 554 g/mol. The number of benzene rings is 6. The summed E-state index contributed by atoms with van der Waals surface area (Å²) < 4.78 is 9.66. The lowest BCUT2D eigenvalue weighted by Gasteiger charge is -2.07. The Bertz CT molecular complexity index is 2710. The number of imidazole rings is 2. The lowest BCUT2D eigenvalue weighted by molar-refractivity contribution is 0.484. The Balaban J connectivity index is 1.13. The summed E-state index contributed by atoms with van der Waals surface area (Å²) in [5, 5.41) is 7.13. The second-order valence-corrected chi connectivity index (χ2v) is 11.0. The van der Waals surface area contributed by atoms with Gasteiger partial charge in [0.25, 0.3) is 11.1 Å². The van der Waals surface area contributed by atoms with E-state index in [1.54, 1.807) is 8.80 Å². The number of fused-ring (bicyclic) bond motifs is 8. The summed E-state index contributed by atoms with van der Waals surface area (Å²) >= 11 is 0. The molecule has 43 heavy (non-hydrogen) atoms. The van der Waals surface area contributed by atoms with E-state index in [9.17, 15) is 9.59 Å². The van der Waals surface area contributed by atoms with Gasteiger partial charge in [0.05, 0.1) is 22.1 Å². The van der Waals surface area contributed by atoms with Gasteiger partial charge in [-0.05, 0) is 47.2 Å². The van der Waals surface area contributed by atoms with Crippen LogP contribution in [0.5, 0.6) is 11.5 Å². The molecule has 200 valence electrons. The van der Waals surface area contributed by atoms with Crippen molar-refractivity contribution < 1.29 is 4.74 Å². The summed E-state index contributed by atoms with van der Waals surface area (Å²) in [7, 11) is 0. The Morgan fingerprint density at radius 1 is 0.488 bits per heavy atom. The summed E-state index contributed by atoms with van der Waals surface area (Å²) in [5.41, 5.74) is 3.88. The van der Waals surface area contributed by atoms with E-state index in [0.717, 1.165) is 43.4 Å². The highest BCUT2D eigenvalue weighted by Gasteiger charge is 2.18. The molecule has 0 aliphatic rings. The Morgan fingerprint density at radius 2 is 0.907 bits per heavy atom. The smallest absolute Gasteiger partial charge is 0.264 e. The molecule has 4 heterocycles. The van der Waals surface area contributed by atoms with E-state index in [0.29, 0.717) is 44.6 Å². The fraction of sp³-hybridized carbons (Fsp3) is 0. The van der Waals surface area contributed by atoms with Crippen molar-refractivity contribution in [2.24, 2.45) is 0 Å². The Labute approximate surface area is 241 Å². The molecule has 10 rings (SSSR count). The van der Waals surface area contributed by atoms with Crippen LogP contribution in [0.4, 0.5) is 0 Å². The molecule has 0 fully saturated rings. The van der Waals surface area contributed by atoms with Crippen molar-refractivity contribution in [3.05, 3.63) is 130 Å². The molecule has 0 saturated heterocycles. The first-order valence-electron chi connectivity index (χ1n) is 14.0. The zero-order valence-corrected chi connectivity index (χ0v) is 22.4. The predicted molar refractivity (Wildman–Crippen MR) is 170 cm³/mol. The number of ether oxygens (including phenoxy) is 1. The van der Waals surface area contributed by atoms with Gasteiger partial charge in [-0.3, -0.25) is 18.4 Å². The van der Waals surface area contributed by atoms with Crippen LogP contribution >= 0.6 is 0 Å². The Kier molecular flexibility index (Phi) is 4.10. The number of nitrogens with zero attached hydrogens (tertiary/aromatic N) is 4. The van der Waals surface area contributed by atoms with Crippen LogP contribution in [0.1, 0.15) is 0 Å². The van der Waals surface area contributed by atoms with E-state index in [-0.39, 0.29) is 11.1 Å². The van der Waals surface area contributed by atoms with E-state index in [2.05, 4.69) is 0 Å². The van der Waals surface area contributed by atoms with E-state index in [4.69, 9.17) is 14.7 Å². The van der Waals surface area contributed by atoms with Crippen LogP contribution in [-0.2, 0) is 0 Å². The second-order valence-electron chi connectivity index (χ2n) is 11.0. The van der Waals surface area contributed by atoms with Crippen LogP contribution in [-0.4, -0.2) is 18.8 Å². The van der Waals surface area contributed by atoms with Gasteiger partial charge < -0.3 is 4.74 Å². The zero-order valence-electron chi connectivity index (χ0n) is 22.4. The molecule has 0 bridgehead atoms. The highest BCUT2D eigenvalue weighted by Crippen LogP contribution is 2.34. The molecule has 0 atom stereocenters. The minimum Gasteiger partial charge on any atom is -0.457 e. The van der Waals surface area contributed by atoms with Crippen LogP contribution in [0.15, 0.2) is 119 Å². The fourth-order valence-corrected chi connectivity index (χ4v) is 6.81. The van der Waals surface area contributed by atoms with Gasteiger partial charge in [-0.2, -0.15) is 0 Å². The van der Waals surface area contributed by atoms with Gasteiger partial charge in [-0.25, -0.2) is 9.97 Å². The molecule has 10 aromatic rings. The normalized spacial score (nSPS) is 12.4. The van der Waals surface area contributed by atoms with Crippen LogP contribution < -0.4 is 15.9 Å². The van der Waals surface area contributed by atoms with Gasteiger partial charge in [-0.15, -0.1) is 0 Å². The average Bonchev–Trinajstić information content (AvgIpc) is 3.61. The van der Waals surface area contributed by atoms with Gasteiger partial charge in [0.1, 0.15) is 22.8 Å². The molecular formula is C36H18N4O3. The first kappa shape index (κ1) is 22.6. The van der Waals surface area contributed by atoms with Crippen molar-refractivity contribution in [3.63, 3.8) is 0 Å². The number of hydrogen-bond acceptors (Lipinski definition) is 5. The summed E-state index contributed by atoms with van der Waals surface area (Å²) in [5.74, 6) is 1.17. The molecule has 0 N–H and O–H groups in total. The standard InChI is InChI=1S/C36H18N4O3/c41-35-25-11-3-7-19-5-1-9-23(31(19)25)33-37-27-17-21(13-15-29(27)39(33)35)43-22-14-16-30-28(18-22)38-34-24-10-2-6-20-8-4-12-26(32(20)24)36(42)40(30)34/h1-18H. The molecule has 0 radical (unpaired) electrons. The average molecular weight is 555 g/mol. The number of rotatable bonds is 2. The van der Waals surface area contributed by atoms with Crippen molar-refractivity contribution in [2.45, 2.75) is 0 Å². The molecule has 0 aliphatic carbocycles. The lowest BCUT2D eigenvalue weighted by Crippen LogP contribution is -2.13. The molecule has 0 unspecified atom stereocenters. The molecule has 4 aromatic heterocycles. The van der Waals surface area contributed by atoms with Gasteiger partial charge in [0, 0.05) is 44.5 Å². The SMILES string of the molecule is O=c1c2cccc3cccc(c32)c2nc3cc(Oc4ccc5c(c4)nc4c6cccc7cccc(c(=O)n54)c76)ccc3n12. The van der Waals surface area contributed by atoms with Crippen LogP contribution in [0.3, 0.4) is 0 Å². The maximum atomic E-state index is 13.6. The van der Waals surface area contributed by atoms with Crippen molar-refractivity contribution in [2.75, 3.05) is 0 Å². The predicted octanol–water partition coefficient (Wildman–Crippen LogP) is 7.29. The quantitative estimate of drug-likeness (QED) is 0.224. The van der Waals surface area contributed by atoms with Crippen molar-refractivity contribution >= 4 is 76.5 Å². The maximum absolute atomic E-state index is 13.6. The lowest BCUT2D eigenvalue weighted by atomic mass is 10.0. The fourth-order valence-electron chi connectivity index (χ4n) is 6.81. The first-order valence-corrected chi connectivity index (χ1v) is 14.0. The molecule has 7 nitrogen and oxygen atoms in total. The van der Waals surface area contributed by atoms with Crippen LogP contribution in [0, 0.1) is 0 Å². The van der Waals surface area contributed by atoms with Crippen molar-refractivity contribution in [1.82, 2.24) is 18.8 Å². The minimum absolute atomic E-state index is 0.0861. The van der Waals surface area contributed by atoms with E-state index >= 15 is 0 Å². The Hall–Kier alpha value is -6.08. The van der Waals surface area contributed by atoms with Gasteiger partial charge >= 0.3 is 0 Å². The summed E-state index contributed by atoms with van der Waals surface area (Å²) in [6.07, 6.45) is 0. The van der Waals surface area contributed by atoms with Gasteiger partial charge in [0.15, 0.2) is 0 Å². The van der Waals surface area contributed by atoms with Crippen LogP contribution in [0.2, 0.25) is 0 Å².